The van der Waals surface area contributed by atoms with E-state index < -0.39 is 0 Å². The SMILES string of the molecule is O=C(Nc1ccc(SCCc2ccccc2)cc1)[C@H]1CCCN1. The summed E-state index contributed by atoms with van der Waals surface area (Å²) in [5, 5.41) is 6.20. The van der Waals surface area contributed by atoms with Crippen molar-refractivity contribution in [1.82, 2.24) is 5.32 Å². The molecule has 2 N–H and O–H groups in total. The highest BCUT2D eigenvalue weighted by molar-refractivity contribution is 7.99. The maximum atomic E-state index is 12.0. The van der Waals surface area contributed by atoms with Gasteiger partial charge in [-0.25, -0.2) is 0 Å². The highest BCUT2D eigenvalue weighted by Gasteiger charge is 2.21. The number of carbonyl (C=O) groups excluding carboxylic acids is 1. The zero-order chi connectivity index (χ0) is 15.9. The molecule has 0 spiro atoms. The smallest absolute Gasteiger partial charge is 0.241 e. The Morgan fingerprint density at radius 3 is 2.61 bits per heavy atom. The van der Waals surface area contributed by atoms with Crippen LogP contribution in [0.5, 0.6) is 0 Å². The van der Waals surface area contributed by atoms with Gasteiger partial charge >= 0.3 is 0 Å². The van der Waals surface area contributed by atoms with Crippen LogP contribution in [-0.4, -0.2) is 24.2 Å². The Kier molecular flexibility index (Phi) is 5.72. The predicted molar refractivity (Wildman–Crippen MR) is 97.0 cm³/mol. The summed E-state index contributed by atoms with van der Waals surface area (Å²) in [6.45, 7) is 0.940. The van der Waals surface area contributed by atoms with E-state index in [-0.39, 0.29) is 11.9 Å². The number of hydrogen-bond acceptors (Lipinski definition) is 3. The van der Waals surface area contributed by atoms with E-state index in [2.05, 4.69) is 47.0 Å². The van der Waals surface area contributed by atoms with Crippen molar-refractivity contribution in [2.45, 2.75) is 30.2 Å². The molecule has 120 valence electrons. The second-order valence-electron chi connectivity index (χ2n) is 5.75. The first-order valence-electron chi connectivity index (χ1n) is 8.12. The molecule has 1 aliphatic rings. The van der Waals surface area contributed by atoms with E-state index in [4.69, 9.17) is 0 Å². The van der Waals surface area contributed by atoms with Crippen LogP contribution in [-0.2, 0) is 11.2 Å². The molecule has 2 aromatic carbocycles. The highest BCUT2D eigenvalue weighted by Crippen LogP contribution is 2.21. The lowest BCUT2D eigenvalue weighted by atomic mass is 10.2. The van der Waals surface area contributed by atoms with E-state index in [9.17, 15) is 4.79 Å². The second kappa shape index (κ2) is 8.18. The zero-order valence-electron chi connectivity index (χ0n) is 13.1. The molecule has 3 rings (SSSR count). The molecule has 0 aromatic heterocycles. The van der Waals surface area contributed by atoms with Crippen molar-refractivity contribution in [1.29, 1.82) is 0 Å². The minimum atomic E-state index is -0.0325. The first kappa shape index (κ1) is 16.1. The van der Waals surface area contributed by atoms with Gasteiger partial charge in [0, 0.05) is 16.3 Å². The Hall–Kier alpha value is -1.78. The van der Waals surface area contributed by atoms with Crippen LogP contribution in [0.15, 0.2) is 59.5 Å². The number of rotatable bonds is 6. The van der Waals surface area contributed by atoms with Crippen molar-refractivity contribution in [2.24, 2.45) is 0 Å². The van der Waals surface area contributed by atoms with Gasteiger partial charge in [-0.1, -0.05) is 30.3 Å². The molecule has 0 saturated carbocycles. The van der Waals surface area contributed by atoms with Crippen molar-refractivity contribution in [3.63, 3.8) is 0 Å². The van der Waals surface area contributed by atoms with Gasteiger partial charge in [-0.05, 0) is 55.6 Å². The van der Waals surface area contributed by atoms with Crippen LogP contribution in [0.2, 0.25) is 0 Å². The quantitative estimate of drug-likeness (QED) is 0.795. The first-order chi connectivity index (χ1) is 11.3. The summed E-state index contributed by atoms with van der Waals surface area (Å²) in [7, 11) is 0. The predicted octanol–water partition coefficient (Wildman–Crippen LogP) is 3.71. The monoisotopic (exact) mass is 326 g/mol. The maximum Gasteiger partial charge on any atom is 0.241 e. The van der Waals surface area contributed by atoms with Crippen LogP contribution in [0.3, 0.4) is 0 Å². The highest BCUT2D eigenvalue weighted by atomic mass is 32.2. The van der Waals surface area contributed by atoms with Crippen LogP contribution in [0, 0.1) is 0 Å². The number of hydrogen-bond donors (Lipinski definition) is 2. The van der Waals surface area contributed by atoms with Crippen molar-refractivity contribution in [3.8, 4) is 0 Å². The molecule has 1 amide bonds. The fourth-order valence-corrected chi connectivity index (χ4v) is 3.61. The van der Waals surface area contributed by atoms with Crippen molar-refractivity contribution in [3.05, 3.63) is 60.2 Å². The topological polar surface area (TPSA) is 41.1 Å². The van der Waals surface area contributed by atoms with Gasteiger partial charge in [0.1, 0.15) is 0 Å². The summed E-state index contributed by atoms with van der Waals surface area (Å²) >= 11 is 1.84. The normalized spacial score (nSPS) is 17.1. The Morgan fingerprint density at radius 1 is 1.13 bits per heavy atom. The second-order valence-corrected chi connectivity index (χ2v) is 6.91. The summed E-state index contributed by atoms with van der Waals surface area (Å²) in [6, 6.07) is 18.6. The summed E-state index contributed by atoms with van der Waals surface area (Å²) in [6.07, 6.45) is 3.08. The molecule has 1 atom stereocenters. The average molecular weight is 326 g/mol. The molecule has 1 aliphatic heterocycles. The molecular formula is C19H22N2OS. The molecule has 0 unspecified atom stereocenters. The van der Waals surface area contributed by atoms with Crippen molar-refractivity contribution in [2.75, 3.05) is 17.6 Å². The third kappa shape index (κ3) is 4.85. The van der Waals surface area contributed by atoms with E-state index in [0.717, 1.165) is 37.2 Å². The Bertz CT molecular complexity index is 622. The van der Waals surface area contributed by atoms with E-state index >= 15 is 0 Å². The van der Waals surface area contributed by atoms with Crippen LogP contribution >= 0.6 is 11.8 Å². The third-order valence-electron chi connectivity index (χ3n) is 4.00. The van der Waals surface area contributed by atoms with E-state index in [1.165, 1.54) is 10.5 Å². The number of carbonyl (C=O) groups is 1. The van der Waals surface area contributed by atoms with Gasteiger partial charge in [-0.2, -0.15) is 0 Å². The average Bonchev–Trinajstić information content (AvgIpc) is 3.12. The minimum absolute atomic E-state index is 0.0325. The molecule has 2 aromatic rings. The number of aryl methyl sites for hydroxylation is 1. The number of anilines is 1. The van der Waals surface area contributed by atoms with Gasteiger partial charge in [0.15, 0.2) is 0 Å². The summed E-state index contributed by atoms with van der Waals surface area (Å²) in [5.41, 5.74) is 2.24. The first-order valence-corrected chi connectivity index (χ1v) is 9.11. The Labute approximate surface area is 141 Å². The van der Waals surface area contributed by atoms with Crippen LogP contribution in [0.25, 0.3) is 0 Å². The minimum Gasteiger partial charge on any atom is -0.325 e. The number of thioether (sulfide) groups is 1. The zero-order valence-corrected chi connectivity index (χ0v) is 13.9. The van der Waals surface area contributed by atoms with E-state index in [1.54, 1.807) is 0 Å². The van der Waals surface area contributed by atoms with Crippen LogP contribution < -0.4 is 10.6 Å². The molecule has 4 heteroatoms. The van der Waals surface area contributed by atoms with E-state index in [1.807, 2.05) is 30.0 Å². The summed E-state index contributed by atoms with van der Waals surface area (Å²) in [5.74, 6) is 1.13. The lowest BCUT2D eigenvalue weighted by Crippen LogP contribution is -2.35. The van der Waals surface area contributed by atoms with Gasteiger partial charge in [0.05, 0.1) is 6.04 Å². The number of amides is 1. The van der Waals surface area contributed by atoms with E-state index in [0.29, 0.717) is 0 Å². The molecule has 0 radical (unpaired) electrons. The lowest BCUT2D eigenvalue weighted by Gasteiger charge is -2.11. The molecular weight excluding hydrogens is 304 g/mol. The molecule has 23 heavy (non-hydrogen) atoms. The summed E-state index contributed by atoms with van der Waals surface area (Å²) < 4.78 is 0. The van der Waals surface area contributed by atoms with Gasteiger partial charge in [0.25, 0.3) is 0 Å². The third-order valence-corrected chi connectivity index (χ3v) is 5.01. The molecule has 1 fully saturated rings. The van der Waals surface area contributed by atoms with Crippen LogP contribution in [0.4, 0.5) is 5.69 Å². The number of benzene rings is 2. The summed E-state index contributed by atoms with van der Waals surface area (Å²) in [4.78, 5) is 13.3. The fraction of sp³-hybridized carbons (Fsp3) is 0.316. The van der Waals surface area contributed by atoms with Crippen molar-refractivity contribution < 1.29 is 4.79 Å². The van der Waals surface area contributed by atoms with Gasteiger partial charge in [-0.3, -0.25) is 4.79 Å². The standard InChI is InChI=1S/C19H22N2OS/c22-19(18-7-4-13-20-18)21-16-8-10-17(11-9-16)23-14-12-15-5-2-1-3-6-15/h1-3,5-6,8-11,18,20H,4,7,12-14H2,(H,21,22)/t18-/m1/s1. The molecule has 0 bridgehead atoms. The molecule has 3 nitrogen and oxygen atoms in total. The molecule has 1 heterocycles. The maximum absolute atomic E-state index is 12.0. The molecule has 1 saturated heterocycles. The van der Waals surface area contributed by atoms with Gasteiger partial charge < -0.3 is 10.6 Å². The van der Waals surface area contributed by atoms with Crippen LogP contribution in [0.1, 0.15) is 18.4 Å². The fourth-order valence-electron chi connectivity index (χ4n) is 2.70. The Morgan fingerprint density at radius 2 is 1.91 bits per heavy atom. The van der Waals surface area contributed by atoms with Gasteiger partial charge in [0.2, 0.25) is 5.91 Å². The van der Waals surface area contributed by atoms with Gasteiger partial charge in [-0.15, -0.1) is 11.8 Å². The largest absolute Gasteiger partial charge is 0.325 e. The molecule has 0 aliphatic carbocycles. The van der Waals surface area contributed by atoms with Crippen molar-refractivity contribution >= 4 is 23.4 Å². The lowest BCUT2D eigenvalue weighted by molar-refractivity contribution is -0.117. The number of nitrogens with one attached hydrogen (secondary N) is 2. The Balaban J connectivity index is 1.46.